The van der Waals surface area contributed by atoms with Crippen LogP contribution in [0.3, 0.4) is 0 Å². The summed E-state index contributed by atoms with van der Waals surface area (Å²) in [6.45, 7) is 1.57. The molecule has 0 bridgehead atoms. The maximum Gasteiger partial charge on any atom is 0.253 e. The normalized spacial score (nSPS) is 15.0. The zero-order chi connectivity index (χ0) is 20.9. The summed E-state index contributed by atoms with van der Waals surface area (Å²) in [5.41, 5.74) is 3.28. The van der Waals surface area contributed by atoms with Crippen LogP contribution in [-0.4, -0.2) is 51.0 Å². The van der Waals surface area contributed by atoms with Crippen molar-refractivity contribution >= 4 is 23.5 Å². The highest BCUT2D eigenvalue weighted by molar-refractivity contribution is 6.30. The van der Waals surface area contributed by atoms with Crippen LogP contribution in [0, 0.1) is 0 Å². The maximum atomic E-state index is 12.1. The molecule has 6 heteroatoms. The second-order valence-electron chi connectivity index (χ2n) is 7.79. The molecule has 0 unspecified atom stereocenters. The molecule has 0 aromatic heterocycles. The van der Waals surface area contributed by atoms with Gasteiger partial charge in [0.1, 0.15) is 0 Å². The molecule has 3 rings (SSSR count). The molecule has 5 nitrogen and oxygen atoms in total. The predicted octanol–water partition coefficient (Wildman–Crippen LogP) is 3.48. The topological polar surface area (TPSA) is 56.7 Å². The van der Waals surface area contributed by atoms with E-state index in [0.717, 1.165) is 48.9 Å². The third-order valence-corrected chi connectivity index (χ3v) is 5.63. The van der Waals surface area contributed by atoms with Crippen LogP contribution in [-0.2, 0) is 11.8 Å². The number of amides is 1. The van der Waals surface area contributed by atoms with E-state index in [1.165, 1.54) is 5.56 Å². The molecule has 0 spiro atoms. The van der Waals surface area contributed by atoms with E-state index in [4.69, 9.17) is 11.6 Å². The van der Waals surface area contributed by atoms with Gasteiger partial charge in [-0.2, -0.15) is 0 Å². The van der Waals surface area contributed by atoms with Gasteiger partial charge in [0.05, 0.1) is 0 Å². The third kappa shape index (κ3) is 5.51. The van der Waals surface area contributed by atoms with Crippen LogP contribution in [0.1, 0.15) is 34.3 Å². The molecule has 0 atom stereocenters. The van der Waals surface area contributed by atoms with Crippen molar-refractivity contribution in [3.8, 4) is 0 Å². The van der Waals surface area contributed by atoms with Crippen LogP contribution >= 0.6 is 11.6 Å². The van der Waals surface area contributed by atoms with Crippen LogP contribution in [0.4, 0.5) is 0 Å². The molecule has 154 valence electrons. The molecular weight excluding hydrogens is 384 g/mol. The lowest BCUT2D eigenvalue weighted by molar-refractivity contribution is 0.0827. The molecule has 1 saturated carbocycles. The summed E-state index contributed by atoms with van der Waals surface area (Å²) in [5, 5.41) is 7.61. The van der Waals surface area contributed by atoms with Gasteiger partial charge in [0, 0.05) is 50.2 Å². The Bertz CT molecular complexity index is 890. The summed E-state index contributed by atoms with van der Waals surface area (Å²) in [6.07, 6.45) is 3.13. The molecule has 0 radical (unpaired) electrons. The number of aliphatic imine (C=N–C) groups is 1. The Morgan fingerprint density at radius 2 is 1.90 bits per heavy atom. The highest BCUT2D eigenvalue weighted by Crippen LogP contribution is 2.48. The zero-order valence-corrected chi connectivity index (χ0v) is 18.1. The Balaban J connectivity index is 1.50. The summed E-state index contributed by atoms with van der Waals surface area (Å²) in [4.78, 5) is 18.1. The average Bonchev–Trinajstić information content (AvgIpc) is 3.51. The Kier molecular flexibility index (Phi) is 6.80. The van der Waals surface area contributed by atoms with Gasteiger partial charge in [0.15, 0.2) is 5.96 Å². The molecule has 2 aromatic carbocycles. The quantitative estimate of drug-likeness (QED) is 0.540. The minimum Gasteiger partial charge on any atom is -0.356 e. The molecule has 29 heavy (non-hydrogen) atoms. The van der Waals surface area contributed by atoms with Gasteiger partial charge in [-0.1, -0.05) is 35.9 Å². The summed E-state index contributed by atoms with van der Waals surface area (Å²) < 4.78 is 0. The number of nitrogens with one attached hydrogen (secondary N) is 2. The smallest absolute Gasteiger partial charge is 0.253 e. The van der Waals surface area contributed by atoms with E-state index < -0.39 is 0 Å². The van der Waals surface area contributed by atoms with Crippen LogP contribution in [0.2, 0.25) is 5.02 Å². The van der Waals surface area contributed by atoms with Crippen molar-refractivity contribution in [2.24, 2.45) is 4.99 Å². The number of benzene rings is 2. The van der Waals surface area contributed by atoms with Gasteiger partial charge in [-0.3, -0.25) is 9.79 Å². The molecule has 1 aliphatic carbocycles. The number of hydrogen-bond acceptors (Lipinski definition) is 2. The van der Waals surface area contributed by atoms with Crippen LogP contribution in [0.15, 0.2) is 53.5 Å². The highest BCUT2D eigenvalue weighted by atomic mass is 35.5. The molecule has 2 N–H and O–H groups in total. The van der Waals surface area contributed by atoms with E-state index in [1.807, 2.05) is 36.4 Å². The molecule has 1 fully saturated rings. The Morgan fingerprint density at radius 1 is 1.14 bits per heavy atom. The highest BCUT2D eigenvalue weighted by Gasteiger charge is 2.44. The van der Waals surface area contributed by atoms with Crippen molar-refractivity contribution in [1.29, 1.82) is 0 Å². The van der Waals surface area contributed by atoms with E-state index in [-0.39, 0.29) is 11.3 Å². The first-order chi connectivity index (χ1) is 13.9. The number of nitrogens with zero attached hydrogens (tertiary/aromatic N) is 2. The Hall–Kier alpha value is -2.53. The van der Waals surface area contributed by atoms with E-state index in [1.54, 1.807) is 26.0 Å². The summed E-state index contributed by atoms with van der Waals surface area (Å²) in [7, 11) is 5.31. The van der Waals surface area contributed by atoms with Gasteiger partial charge in [-0.25, -0.2) is 0 Å². The average molecular weight is 413 g/mol. The molecule has 1 amide bonds. The van der Waals surface area contributed by atoms with Crippen molar-refractivity contribution in [1.82, 2.24) is 15.5 Å². The Morgan fingerprint density at radius 3 is 2.55 bits per heavy atom. The molecule has 0 heterocycles. The molecule has 1 aliphatic rings. The minimum absolute atomic E-state index is 0.0213. The van der Waals surface area contributed by atoms with E-state index in [2.05, 4.69) is 27.8 Å². The lowest BCUT2D eigenvalue weighted by Gasteiger charge is -2.19. The lowest BCUT2D eigenvalue weighted by Crippen LogP contribution is -2.42. The van der Waals surface area contributed by atoms with Gasteiger partial charge in [-0.15, -0.1) is 0 Å². The summed E-state index contributed by atoms with van der Waals surface area (Å²) in [5.74, 6) is 0.812. The third-order valence-electron chi connectivity index (χ3n) is 5.39. The van der Waals surface area contributed by atoms with Crippen LogP contribution in [0.5, 0.6) is 0 Å². The fourth-order valence-electron chi connectivity index (χ4n) is 3.45. The fourth-order valence-corrected chi connectivity index (χ4v) is 3.64. The van der Waals surface area contributed by atoms with E-state index in [9.17, 15) is 4.79 Å². The SMILES string of the molecule is CN=C(NCCc1cccc(C(=O)N(C)C)c1)NCC1(c2cccc(Cl)c2)CC1. The predicted molar refractivity (Wildman–Crippen MR) is 120 cm³/mol. The van der Waals surface area contributed by atoms with E-state index in [0.29, 0.717) is 5.56 Å². The first kappa shape index (κ1) is 21.2. The molecule has 2 aromatic rings. The number of carbonyl (C=O) groups excluding carboxylic acids is 1. The monoisotopic (exact) mass is 412 g/mol. The zero-order valence-electron chi connectivity index (χ0n) is 17.3. The second kappa shape index (κ2) is 9.31. The molecule has 0 aliphatic heterocycles. The molecular formula is C23H29ClN4O. The van der Waals surface area contributed by atoms with Crippen molar-refractivity contribution in [3.05, 3.63) is 70.2 Å². The number of halogens is 1. The van der Waals surface area contributed by atoms with Crippen LogP contribution in [0.25, 0.3) is 0 Å². The number of guanidine groups is 1. The number of carbonyl (C=O) groups is 1. The lowest BCUT2D eigenvalue weighted by atomic mass is 9.96. The maximum absolute atomic E-state index is 12.1. The summed E-state index contributed by atoms with van der Waals surface area (Å²) in [6, 6.07) is 15.9. The van der Waals surface area contributed by atoms with Crippen molar-refractivity contribution in [2.75, 3.05) is 34.2 Å². The minimum atomic E-state index is 0.0213. The van der Waals surface area contributed by atoms with Crippen molar-refractivity contribution in [3.63, 3.8) is 0 Å². The standard InChI is InChI=1S/C23H29ClN4O/c1-25-22(27-16-23(11-12-23)19-8-5-9-20(24)15-19)26-13-10-17-6-4-7-18(14-17)21(29)28(2)3/h4-9,14-15H,10-13,16H2,1-3H3,(H2,25,26,27). The number of hydrogen-bond donors (Lipinski definition) is 2. The molecule has 0 saturated heterocycles. The van der Waals surface area contributed by atoms with Crippen LogP contribution < -0.4 is 10.6 Å². The van der Waals surface area contributed by atoms with Gasteiger partial charge in [0.2, 0.25) is 0 Å². The Labute approximate surface area is 178 Å². The first-order valence-corrected chi connectivity index (χ1v) is 10.3. The first-order valence-electron chi connectivity index (χ1n) is 9.95. The van der Waals surface area contributed by atoms with Gasteiger partial charge >= 0.3 is 0 Å². The second-order valence-corrected chi connectivity index (χ2v) is 8.23. The van der Waals surface area contributed by atoms with Gasteiger partial charge in [-0.05, 0) is 54.7 Å². The largest absolute Gasteiger partial charge is 0.356 e. The number of rotatable bonds is 7. The van der Waals surface area contributed by atoms with Crippen molar-refractivity contribution in [2.45, 2.75) is 24.7 Å². The summed E-state index contributed by atoms with van der Waals surface area (Å²) >= 11 is 6.16. The fraction of sp³-hybridized carbons (Fsp3) is 0.391. The van der Waals surface area contributed by atoms with Gasteiger partial charge in [0.25, 0.3) is 5.91 Å². The van der Waals surface area contributed by atoms with Gasteiger partial charge < -0.3 is 15.5 Å². The van der Waals surface area contributed by atoms with Crippen molar-refractivity contribution < 1.29 is 4.79 Å². The van der Waals surface area contributed by atoms with E-state index >= 15 is 0 Å².